The van der Waals surface area contributed by atoms with Crippen LogP contribution in [0.4, 0.5) is 0 Å². The number of nitrogens with zero attached hydrogens (tertiary/aromatic N) is 2. The van der Waals surface area contributed by atoms with E-state index in [1.54, 1.807) is 4.31 Å². The molecule has 0 aromatic heterocycles. The number of hydrogen-bond acceptors (Lipinski definition) is 4. The molecule has 3 heterocycles. The zero-order valence-corrected chi connectivity index (χ0v) is 11.7. The highest BCUT2D eigenvalue weighted by Crippen LogP contribution is 2.29. The number of ether oxygens (including phenoxy) is 1. The minimum Gasteiger partial charge on any atom is -0.380 e. The molecule has 18 heavy (non-hydrogen) atoms. The molecule has 0 aromatic carbocycles. The molecule has 0 radical (unpaired) electrons. The van der Waals surface area contributed by atoms with Crippen molar-refractivity contribution in [3.05, 3.63) is 0 Å². The third-order valence-electron chi connectivity index (χ3n) is 4.52. The Morgan fingerprint density at radius 2 is 2.06 bits per heavy atom. The molecule has 5 nitrogen and oxygen atoms in total. The number of fused-ring (bicyclic) bond motifs is 1. The molecule has 6 heteroatoms. The van der Waals surface area contributed by atoms with Crippen LogP contribution in [0, 0.1) is 0 Å². The summed E-state index contributed by atoms with van der Waals surface area (Å²) in [7, 11) is -3.17. The summed E-state index contributed by atoms with van der Waals surface area (Å²) in [5.74, 6) is 0. The molecule has 0 N–H and O–H groups in total. The van der Waals surface area contributed by atoms with Gasteiger partial charge < -0.3 is 4.74 Å². The molecule has 3 fully saturated rings. The number of hydrogen-bond donors (Lipinski definition) is 0. The summed E-state index contributed by atoms with van der Waals surface area (Å²) >= 11 is 0. The van der Waals surface area contributed by atoms with Crippen LogP contribution < -0.4 is 0 Å². The van der Waals surface area contributed by atoms with Crippen molar-refractivity contribution in [1.82, 2.24) is 9.21 Å². The van der Waals surface area contributed by atoms with E-state index in [9.17, 15) is 8.42 Å². The molecule has 3 aliphatic heterocycles. The minimum absolute atomic E-state index is 0.102. The average molecular weight is 274 g/mol. The minimum atomic E-state index is -3.17. The van der Waals surface area contributed by atoms with Crippen molar-refractivity contribution in [1.29, 1.82) is 0 Å². The van der Waals surface area contributed by atoms with E-state index in [4.69, 9.17) is 4.74 Å². The Morgan fingerprint density at radius 3 is 2.78 bits per heavy atom. The highest BCUT2D eigenvalue weighted by molar-refractivity contribution is 7.89. The van der Waals surface area contributed by atoms with Crippen LogP contribution in [0.15, 0.2) is 0 Å². The molecule has 0 aromatic rings. The molecule has 3 rings (SSSR count). The molecule has 0 bridgehead atoms. The maximum absolute atomic E-state index is 12.6. The second kappa shape index (κ2) is 4.74. The Morgan fingerprint density at radius 1 is 1.22 bits per heavy atom. The normalized spacial score (nSPS) is 39.1. The zero-order valence-electron chi connectivity index (χ0n) is 10.9. The Labute approximate surface area is 109 Å². The van der Waals surface area contributed by atoms with Crippen LogP contribution in [-0.4, -0.2) is 67.8 Å². The first-order chi connectivity index (χ1) is 8.59. The quantitative estimate of drug-likeness (QED) is 0.725. The van der Waals surface area contributed by atoms with Crippen LogP contribution >= 0.6 is 0 Å². The van der Waals surface area contributed by atoms with Crippen molar-refractivity contribution in [3.8, 4) is 0 Å². The molecule has 0 aliphatic carbocycles. The summed E-state index contributed by atoms with van der Waals surface area (Å²) in [5.41, 5.74) is 0. The van der Waals surface area contributed by atoms with Gasteiger partial charge in [0.15, 0.2) is 0 Å². The second-order valence-corrected chi connectivity index (χ2v) is 7.91. The van der Waals surface area contributed by atoms with Crippen molar-refractivity contribution >= 4 is 10.0 Å². The molecule has 0 saturated carbocycles. The summed E-state index contributed by atoms with van der Waals surface area (Å²) in [6.07, 6.45) is 3.00. The Hall–Kier alpha value is -0.170. The van der Waals surface area contributed by atoms with Gasteiger partial charge in [-0.25, -0.2) is 8.42 Å². The lowest BCUT2D eigenvalue weighted by molar-refractivity contribution is 0.116. The van der Waals surface area contributed by atoms with Crippen molar-refractivity contribution in [2.24, 2.45) is 0 Å². The van der Waals surface area contributed by atoms with Crippen molar-refractivity contribution < 1.29 is 13.2 Å². The van der Waals surface area contributed by atoms with Gasteiger partial charge in [0.2, 0.25) is 10.0 Å². The first kappa shape index (κ1) is 12.8. The molecule has 3 aliphatic rings. The Balaban J connectivity index is 1.78. The van der Waals surface area contributed by atoms with E-state index in [-0.39, 0.29) is 11.3 Å². The van der Waals surface area contributed by atoms with Crippen LogP contribution in [0.3, 0.4) is 0 Å². The molecule has 104 valence electrons. The first-order valence-corrected chi connectivity index (χ1v) is 8.42. The summed E-state index contributed by atoms with van der Waals surface area (Å²) in [6.45, 7) is 5.69. The molecule has 3 atom stereocenters. The molecule has 3 unspecified atom stereocenters. The molecule has 0 amide bonds. The molecular weight excluding hydrogens is 252 g/mol. The van der Waals surface area contributed by atoms with Gasteiger partial charge in [-0.3, -0.25) is 4.90 Å². The van der Waals surface area contributed by atoms with Gasteiger partial charge in [0, 0.05) is 31.8 Å². The fourth-order valence-corrected chi connectivity index (χ4v) is 5.45. The lowest BCUT2D eigenvalue weighted by Gasteiger charge is -2.42. The monoisotopic (exact) mass is 274 g/mol. The second-order valence-electron chi connectivity index (χ2n) is 5.74. The standard InChI is InChI=1S/C12H22N2O3S/c1-10-7-13-5-2-3-11(13)8-14(10)18(15,16)12-4-6-17-9-12/h10-12H,2-9H2,1H3. The van der Waals surface area contributed by atoms with Gasteiger partial charge >= 0.3 is 0 Å². The average Bonchev–Trinajstić information content (AvgIpc) is 2.98. The lowest BCUT2D eigenvalue weighted by atomic mass is 10.1. The van der Waals surface area contributed by atoms with Gasteiger partial charge in [0.25, 0.3) is 0 Å². The van der Waals surface area contributed by atoms with Crippen LogP contribution in [-0.2, 0) is 14.8 Å². The first-order valence-electron chi connectivity index (χ1n) is 6.91. The van der Waals surface area contributed by atoms with Gasteiger partial charge in [-0.15, -0.1) is 0 Å². The Bertz CT molecular complexity index is 406. The van der Waals surface area contributed by atoms with Gasteiger partial charge in [-0.1, -0.05) is 0 Å². The maximum atomic E-state index is 12.6. The zero-order chi connectivity index (χ0) is 12.8. The largest absolute Gasteiger partial charge is 0.380 e. The van der Waals surface area contributed by atoms with Crippen molar-refractivity contribution in [2.75, 3.05) is 32.8 Å². The van der Waals surface area contributed by atoms with Crippen LogP contribution in [0.2, 0.25) is 0 Å². The summed E-state index contributed by atoms with van der Waals surface area (Å²) < 4.78 is 32.2. The molecule has 0 spiro atoms. The SMILES string of the molecule is CC1CN2CCCC2CN1S(=O)(=O)C1CCOC1. The molecular formula is C12H22N2O3S. The topological polar surface area (TPSA) is 49.9 Å². The van der Waals surface area contributed by atoms with E-state index in [0.717, 1.165) is 19.5 Å². The van der Waals surface area contributed by atoms with E-state index in [1.807, 2.05) is 6.92 Å². The third-order valence-corrected chi connectivity index (χ3v) is 6.89. The number of rotatable bonds is 2. The lowest BCUT2D eigenvalue weighted by Crippen LogP contribution is -2.58. The van der Waals surface area contributed by atoms with E-state index in [2.05, 4.69) is 4.90 Å². The maximum Gasteiger partial charge on any atom is 0.219 e. The van der Waals surface area contributed by atoms with Crippen LogP contribution in [0.1, 0.15) is 26.2 Å². The smallest absolute Gasteiger partial charge is 0.219 e. The van der Waals surface area contributed by atoms with Crippen molar-refractivity contribution in [3.63, 3.8) is 0 Å². The number of piperazine rings is 1. The summed E-state index contributed by atoms with van der Waals surface area (Å²) in [5, 5.41) is -0.312. The van der Waals surface area contributed by atoms with E-state index >= 15 is 0 Å². The van der Waals surface area contributed by atoms with Gasteiger partial charge in [0.1, 0.15) is 5.25 Å². The fourth-order valence-electron chi connectivity index (χ4n) is 3.45. The summed E-state index contributed by atoms with van der Waals surface area (Å²) in [4.78, 5) is 2.45. The summed E-state index contributed by atoms with van der Waals surface area (Å²) in [6, 6.07) is 0.545. The highest BCUT2D eigenvalue weighted by Gasteiger charge is 2.43. The van der Waals surface area contributed by atoms with Crippen molar-refractivity contribution in [2.45, 2.75) is 43.5 Å². The highest BCUT2D eigenvalue weighted by atomic mass is 32.2. The van der Waals surface area contributed by atoms with Gasteiger partial charge in [-0.2, -0.15) is 4.31 Å². The predicted molar refractivity (Wildman–Crippen MR) is 68.9 cm³/mol. The van der Waals surface area contributed by atoms with E-state index in [0.29, 0.717) is 32.2 Å². The van der Waals surface area contributed by atoms with E-state index in [1.165, 1.54) is 6.42 Å². The Kier molecular flexibility index (Phi) is 3.38. The fraction of sp³-hybridized carbons (Fsp3) is 1.00. The number of sulfonamides is 1. The van der Waals surface area contributed by atoms with Crippen LogP contribution in [0.5, 0.6) is 0 Å². The van der Waals surface area contributed by atoms with Crippen LogP contribution in [0.25, 0.3) is 0 Å². The predicted octanol–water partition coefficient (Wildman–Crippen LogP) is 0.274. The van der Waals surface area contributed by atoms with Gasteiger partial charge in [-0.05, 0) is 32.7 Å². The van der Waals surface area contributed by atoms with E-state index < -0.39 is 10.0 Å². The van der Waals surface area contributed by atoms with Gasteiger partial charge in [0.05, 0.1) is 6.61 Å². The molecule has 3 saturated heterocycles. The third kappa shape index (κ3) is 2.09.